The molecule has 9 heteroatoms. The number of rotatable bonds is 9. The molecule has 3 aromatic rings. The quantitative estimate of drug-likeness (QED) is 0.399. The molecule has 1 aromatic heterocycles. The van der Waals surface area contributed by atoms with E-state index in [1.807, 2.05) is 47.8 Å². The maximum Gasteiger partial charge on any atom is 0.255 e. The lowest BCUT2D eigenvalue weighted by Gasteiger charge is -2.39. The topological polar surface area (TPSA) is 112 Å². The van der Waals surface area contributed by atoms with E-state index in [0.717, 1.165) is 35.4 Å². The summed E-state index contributed by atoms with van der Waals surface area (Å²) in [6.07, 6.45) is -0.377. The van der Waals surface area contributed by atoms with Crippen molar-refractivity contribution < 1.29 is 24.5 Å². The number of aliphatic hydroxyl groups excluding tert-OH is 2. The first-order valence-electron chi connectivity index (χ1n) is 12.5. The summed E-state index contributed by atoms with van der Waals surface area (Å²) in [5.74, 6) is -0.281. The number of nitrogens with zero attached hydrogens (tertiary/aromatic N) is 2. The fourth-order valence-electron chi connectivity index (χ4n) is 5.04. The minimum Gasteiger partial charge on any atom is -0.496 e. The van der Waals surface area contributed by atoms with Gasteiger partial charge in [0.05, 0.1) is 25.4 Å². The van der Waals surface area contributed by atoms with Crippen molar-refractivity contribution in [3.8, 4) is 5.75 Å². The molecule has 1 aliphatic carbocycles. The molecule has 2 heterocycles. The molecule has 1 saturated carbocycles. The predicted octanol–water partition coefficient (Wildman–Crippen LogP) is 2.62. The molecule has 2 amide bonds. The van der Waals surface area contributed by atoms with Gasteiger partial charge in [-0.2, -0.15) is 0 Å². The van der Waals surface area contributed by atoms with Crippen LogP contribution in [0.3, 0.4) is 0 Å². The Kier molecular flexibility index (Phi) is 7.55. The maximum atomic E-state index is 13.2. The van der Waals surface area contributed by atoms with Gasteiger partial charge < -0.3 is 25.2 Å². The average molecular weight is 522 g/mol. The lowest BCUT2D eigenvalue weighted by molar-refractivity contribution is -0.155. The monoisotopic (exact) mass is 521 g/mol. The van der Waals surface area contributed by atoms with Gasteiger partial charge in [0, 0.05) is 23.9 Å². The number of fused-ring (bicyclic) bond motifs is 1. The molecule has 8 nitrogen and oxygen atoms in total. The van der Waals surface area contributed by atoms with Crippen molar-refractivity contribution in [2.24, 2.45) is 5.92 Å². The first-order valence-corrected chi connectivity index (χ1v) is 13.4. The second-order valence-corrected chi connectivity index (χ2v) is 10.5. The number of aromatic nitrogens is 1. The van der Waals surface area contributed by atoms with Crippen LogP contribution in [0, 0.1) is 5.92 Å². The molecule has 37 heavy (non-hydrogen) atoms. The highest BCUT2D eigenvalue weighted by atomic mass is 32.1. The van der Waals surface area contributed by atoms with Crippen LogP contribution in [0.2, 0.25) is 0 Å². The van der Waals surface area contributed by atoms with Gasteiger partial charge in [-0.15, -0.1) is 11.3 Å². The number of hydrogen-bond acceptors (Lipinski definition) is 7. The molecule has 2 aromatic carbocycles. The molecular weight excluding hydrogens is 490 g/mol. The Morgan fingerprint density at radius 1 is 1.14 bits per heavy atom. The highest BCUT2D eigenvalue weighted by Gasteiger charge is 2.44. The van der Waals surface area contributed by atoms with Crippen molar-refractivity contribution in [2.45, 2.75) is 50.5 Å². The van der Waals surface area contributed by atoms with Crippen molar-refractivity contribution in [1.29, 1.82) is 0 Å². The van der Waals surface area contributed by atoms with Gasteiger partial charge in [0.25, 0.3) is 11.8 Å². The number of hydrogen-bond donors (Lipinski definition) is 3. The van der Waals surface area contributed by atoms with Crippen LogP contribution in [0.5, 0.6) is 5.75 Å². The third kappa shape index (κ3) is 5.53. The van der Waals surface area contributed by atoms with Crippen LogP contribution >= 0.6 is 11.3 Å². The summed E-state index contributed by atoms with van der Waals surface area (Å²) in [4.78, 5) is 32.0. The SMILES string of the molecule is COc1ccccc1Cc1csc(CNC(=O)[C@H](O)[C@@H](O)C(=O)N2CCc3ccccc3C2C2CC2)n1. The van der Waals surface area contributed by atoms with E-state index in [2.05, 4.69) is 16.4 Å². The van der Waals surface area contributed by atoms with Crippen molar-refractivity contribution >= 4 is 23.2 Å². The number of thiazole rings is 1. The molecule has 1 unspecified atom stereocenters. The summed E-state index contributed by atoms with van der Waals surface area (Å²) in [6.45, 7) is 0.547. The third-order valence-electron chi connectivity index (χ3n) is 7.08. The molecule has 194 valence electrons. The third-order valence-corrected chi connectivity index (χ3v) is 7.98. The van der Waals surface area contributed by atoms with E-state index in [-0.39, 0.29) is 12.6 Å². The van der Waals surface area contributed by atoms with E-state index in [0.29, 0.717) is 30.3 Å². The predicted molar refractivity (Wildman–Crippen MR) is 139 cm³/mol. The largest absolute Gasteiger partial charge is 0.496 e. The second-order valence-electron chi connectivity index (χ2n) is 9.59. The van der Waals surface area contributed by atoms with E-state index in [4.69, 9.17) is 4.74 Å². The molecule has 5 rings (SSSR count). The zero-order valence-corrected chi connectivity index (χ0v) is 21.5. The molecule has 1 fully saturated rings. The van der Waals surface area contributed by atoms with Crippen LogP contribution in [-0.2, 0) is 29.0 Å². The molecule has 2 aliphatic rings. The summed E-state index contributed by atoms with van der Waals surface area (Å²) in [5.41, 5.74) is 4.16. The number of nitrogens with one attached hydrogen (secondary N) is 1. The number of aliphatic hydroxyl groups is 2. The summed E-state index contributed by atoms with van der Waals surface area (Å²) in [6, 6.07) is 15.7. The number of methoxy groups -OCH3 is 1. The number of para-hydroxylation sites is 1. The molecule has 3 atom stereocenters. The lowest BCUT2D eigenvalue weighted by Crippen LogP contribution is -2.53. The van der Waals surface area contributed by atoms with E-state index in [9.17, 15) is 19.8 Å². The van der Waals surface area contributed by atoms with Crippen LogP contribution in [0.1, 0.15) is 46.3 Å². The minimum absolute atomic E-state index is 0.0924. The molecular formula is C28H31N3O5S. The molecule has 1 aliphatic heterocycles. The molecule has 0 saturated heterocycles. The van der Waals surface area contributed by atoms with Crippen LogP contribution in [-0.4, -0.2) is 57.8 Å². The number of benzene rings is 2. The van der Waals surface area contributed by atoms with E-state index in [1.54, 1.807) is 12.0 Å². The zero-order valence-electron chi connectivity index (χ0n) is 20.7. The Morgan fingerprint density at radius 2 is 1.89 bits per heavy atom. The summed E-state index contributed by atoms with van der Waals surface area (Å²) >= 11 is 1.39. The van der Waals surface area contributed by atoms with Crippen LogP contribution in [0.4, 0.5) is 0 Å². The lowest BCUT2D eigenvalue weighted by atomic mass is 9.89. The van der Waals surface area contributed by atoms with Crippen LogP contribution in [0.25, 0.3) is 0 Å². The number of amides is 2. The number of carbonyl (C=O) groups excluding carboxylic acids is 2. The summed E-state index contributed by atoms with van der Waals surface area (Å²) < 4.78 is 5.39. The summed E-state index contributed by atoms with van der Waals surface area (Å²) in [5, 5.41) is 26.4. The smallest absolute Gasteiger partial charge is 0.255 e. The number of ether oxygens (including phenoxy) is 1. The van der Waals surface area contributed by atoms with Gasteiger partial charge in [-0.1, -0.05) is 42.5 Å². The maximum absolute atomic E-state index is 13.2. The number of carbonyl (C=O) groups is 2. The van der Waals surface area contributed by atoms with E-state index in [1.165, 1.54) is 16.9 Å². The molecule has 3 N–H and O–H groups in total. The normalized spacial score (nSPS) is 18.6. The van der Waals surface area contributed by atoms with Gasteiger partial charge in [0.2, 0.25) is 0 Å². The highest BCUT2D eigenvalue weighted by molar-refractivity contribution is 7.09. The van der Waals surface area contributed by atoms with Gasteiger partial charge >= 0.3 is 0 Å². The Bertz CT molecular complexity index is 1270. The van der Waals surface area contributed by atoms with Gasteiger partial charge in [-0.3, -0.25) is 9.59 Å². The van der Waals surface area contributed by atoms with Crippen molar-refractivity contribution in [3.63, 3.8) is 0 Å². The first kappa shape index (κ1) is 25.4. The zero-order chi connectivity index (χ0) is 25.9. The Morgan fingerprint density at radius 3 is 2.68 bits per heavy atom. The van der Waals surface area contributed by atoms with Crippen molar-refractivity contribution in [2.75, 3.05) is 13.7 Å². The Hall–Kier alpha value is -3.27. The Labute approximate surface area is 219 Å². The van der Waals surface area contributed by atoms with Gasteiger partial charge in [-0.05, 0) is 42.4 Å². The van der Waals surface area contributed by atoms with Crippen LogP contribution < -0.4 is 10.1 Å². The Balaban J connectivity index is 1.18. The fourth-order valence-corrected chi connectivity index (χ4v) is 5.77. The molecule has 0 radical (unpaired) electrons. The van der Waals surface area contributed by atoms with E-state index >= 15 is 0 Å². The van der Waals surface area contributed by atoms with Crippen LogP contribution in [0.15, 0.2) is 53.9 Å². The highest BCUT2D eigenvalue weighted by Crippen LogP contribution is 2.47. The van der Waals surface area contributed by atoms with Gasteiger partial charge in [-0.25, -0.2) is 4.98 Å². The standard InChI is InChI=1S/C28H31N3O5S/c1-36-22-9-5-3-7-19(22)14-20-16-37-23(30-20)15-29-27(34)25(32)26(33)28(35)31-13-12-17-6-2-4-8-21(17)24(31)18-10-11-18/h2-9,16,18,24-26,32-33H,10-15H2,1H3,(H,29,34)/t24?,25-,26-/m1/s1. The molecule has 0 bridgehead atoms. The van der Waals surface area contributed by atoms with Gasteiger partial charge in [0.15, 0.2) is 12.2 Å². The first-order chi connectivity index (χ1) is 18.0. The van der Waals surface area contributed by atoms with Crippen molar-refractivity contribution in [1.82, 2.24) is 15.2 Å². The fraction of sp³-hybridized carbons (Fsp3) is 0.393. The summed E-state index contributed by atoms with van der Waals surface area (Å²) in [7, 11) is 1.63. The van der Waals surface area contributed by atoms with Crippen molar-refractivity contribution in [3.05, 3.63) is 81.3 Å². The minimum atomic E-state index is -1.86. The van der Waals surface area contributed by atoms with E-state index < -0.39 is 24.0 Å². The second kappa shape index (κ2) is 11.0. The van der Waals surface area contributed by atoms with Gasteiger partial charge in [0.1, 0.15) is 10.8 Å². The average Bonchev–Trinajstić information content (AvgIpc) is 3.68. The molecule has 0 spiro atoms.